The Morgan fingerprint density at radius 2 is 1.73 bits per heavy atom. The summed E-state index contributed by atoms with van der Waals surface area (Å²) in [5.41, 5.74) is 1.32. The van der Waals surface area contributed by atoms with Crippen LogP contribution in [-0.4, -0.2) is 46.3 Å². The second-order valence-electron chi connectivity index (χ2n) is 6.70. The Balaban J connectivity index is 1.85. The molecular formula is C22H19ClN2O5. The van der Waals surface area contributed by atoms with E-state index < -0.39 is 29.7 Å². The predicted octanol–water partition coefficient (Wildman–Crippen LogP) is 2.68. The van der Waals surface area contributed by atoms with Crippen LogP contribution in [0.2, 0.25) is 5.02 Å². The molecule has 1 atom stereocenters. The number of benzene rings is 2. The lowest BCUT2D eigenvalue weighted by Crippen LogP contribution is -2.45. The molecule has 1 N–H and O–H groups in total. The van der Waals surface area contributed by atoms with E-state index in [1.54, 1.807) is 24.3 Å². The molecule has 2 aromatic rings. The van der Waals surface area contributed by atoms with Crippen LogP contribution in [0.1, 0.15) is 12.0 Å². The van der Waals surface area contributed by atoms with Crippen LogP contribution in [-0.2, 0) is 25.6 Å². The van der Waals surface area contributed by atoms with E-state index in [4.69, 9.17) is 16.7 Å². The second kappa shape index (κ2) is 9.37. The molecule has 1 saturated heterocycles. The summed E-state index contributed by atoms with van der Waals surface area (Å²) in [5, 5.41) is 9.29. The molecule has 3 amide bonds. The van der Waals surface area contributed by atoms with E-state index in [2.05, 4.69) is 0 Å². The minimum atomic E-state index is -1.28. The number of carboxylic acid groups (broad SMARTS) is 1. The van der Waals surface area contributed by atoms with Gasteiger partial charge in [0.2, 0.25) is 11.8 Å². The number of halogens is 1. The van der Waals surface area contributed by atoms with Crippen LogP contribution in [0.4, 0.5) is 5.69 Å². The number of hydrogen-bond donors (Lipinski definition) is 1. The van der Waals surface area contributed by atoms with Gasteiger partial charge in [-0.25, -0.2) is 9.69 Å². The standard InChI is InChI=1S/C22H19ClN2O5/c23-16-6-8-17(9-7-16)25-20(27)14-18(22(25)30)24(19(26)10-11-21(28)29)13-12-15-4-2-1-3-5-15/h1-11,18H,12-14H2,(H,28,29)/b11-10-/t18-/m0/s1. The monoisotopic (exact) mass is 426 g/mol. The number of rotatable bonds is 7. The largest absolute Gasteiger partial charge is 0.478 e. The fraction of sp³-hybridized carbons (Fsp3) is 0.182. The van der Waals surface area contributed by atoms with Crippen LogP contribution in [0, 0.1) is 0 Å². The van der Waals surface area contributed by atoms with E-state index >= 15 is 0 Å². The average molecular weight is 427 g/mol. The molecule has 0 bridgehead atoms. The average Bonchev–Trinajstić information content (AvgIpc) is 3.02. The summed E-state index contributed by atoms with van der Waals surface area (Å²) < 4.78 is 0. The Labute approximate surface area is 178 Å². The fourth-order valence-electron chi connectivity index (χ4n) is 3.27. The van der Waals surface area contributed by atoms with Crippen LogP contribution in [0.5, 0.6) is 0 Å². The van der Waals surface area contributed by atoms with E-state index in [1.165, 1.54) is 4.90 Å². The number of carboxylic acids is 1. The van der Waals surface area contributed by atoms with Crippen molar-refractivity contribution < 1.29 is 24.3 Å². The van der Waals surface area contributed by atoms with Crippen molar-refractivity contribution in [1.82, 2.24) is 4.90 Å². The first-order valence-corrected chi connectivity index (χ1v) is 9.62. The second-order valence-corrected chi connectivity index (χ2v) is 7.14. The number of aliphatic carboxylic acids is 1. The van der Waals surface area contributed by atoms with Crippen molar-refractivity contribution in [1.29, 1.82) is 0 Å². The number of carbonyl (C=O) groups excluding carboxylic acids is 3. The number of anilines is 1. The van der Waals surface area contributed by atoms with Crippen LogP contribution < -0.4 is 4.90 Å². The summed E-state index contributed by atoms with van der Waals surface area (Å²) in [4.78, 5) is 51.4. The summed E-state index contributed by atoms with van der Waals surface area (Å²) in [6.45, 7) is 0.158. The molecule has 1 aliphatic heterocycles. The van der Waals surface area contributed by atoms with Crippen molar-refractivity contribution in [2.45, 2.75) is 18.9 Å². The van der Waals surface area contributed by atoms with Crippen LogP contribution in [0.3, 0.4) is 0 Å². The molecule has 1 heterocycles. The first kappa shape index (κ1) is 21.3. The van der Waals surface area contributed by atoms with Gasteiger partial charge in [-0.2, -0.15) is 0 Å². The highest BCUT2D eigenvalue weighted by Crippen LogP contribution is 2.27. The SMILES string of the molecule is O=C(O)/C=C\C(=O)N(CCc1ccccc1)[C@H]1CC(=O)N(c2ccc(Cl)cc2)C1=O. The maximum Gasteiger partial charge on any atom is 0.328 e. The lowest BCUT2D eigenvalue weighted by atomic mass is 10.1. The first-order valence-electron chi connectivity index (χ1n) is 9.24. The Hall–Kier alpha value is -3.45. The van der Waals surface area contributed by atoms with E-state index in [0.29, 0.717) is 17.1 Å². The molecule has 2 aromatic carbocycles. The maximum atomic E-state index is 13.0. The van der Waals surface area contributed by atoms with E-state index in [9.17, 15) is 19.2 Å². The van der Waals surface area contributed by atoms with Gasteiger partial charge >= 0.3 is 5.97 Å². The Bertz CT molecular complexity index is 988. The Morgan fingerprint density at radius 1 is 1.07 bits per heavy atom. The summed E-state index contributed by atoms with van der Waals surface area (Å²) in [6.07, 6.45) is 1.89. The zero-order chi connectivity index (χ0) is 21.7. The van der Waals surface area contributed by atoms with Gasteiger partial charge < -0.3 is 10.0 Å². The van der Waals surface area contributed by atoms with Crippen molar-refractivity contribution in [2.24, 2.45) is 0 Å². The van der Waals surface area contributed by atoms with Gasteiger partial charge in [0.25, 0.3) is 5.91 Å². The van der Waals surface area contributed by atoms with Gasteiger partial charge in [-0.05, 0) is 36.2 Å². The van der Waals surface area contributed by atoms with Crippen molar-refractivity contribution in [3.63, 3.8) is 0 Å². The van der Waals surface area contributed by atoms with Gasteiger partial charge in [-0.1, -0.05) is 41.9 Å². The molecule has 0 aromatic heterocycles. The van der Waals surface area contributed by atoms with Crippen molar-refractivity contribution in [3.05, 3.63) is 77.3 Å². The Kier molecular flexibility index (Phi) is 6.64. The number of nitrogens with zero attached hydrogens (tertiary/aromatic N) is 2. The Morgan fingerprint density at radius 3 is 2.37 bits per heavy atom. The van der Waals surface area contributed by atoms with E-state index in [0.717, 1.165) is 22.6 Å². The third-order valence-corrected chi connectivity index (χ3v) is 4.97. The highest BCUT2D eigenvalue weighted by Gasteiger charge is 2.43. The van der Waals surface area contributed by atoms with E-state index in [-0.39, 0.29) is 13.0 Å². The van der Waals surface area contributed by atoms with Crippen LogP contribution in [0.25, 0.3) is 0 Å². The smallest absolute Gasteiger partial charge is 0.328 e. The molecule has 3 rings (SSSR count). The zero-order valence-corrected chi connectivity index (χ0v) is 16.7. The van der Waals surface area contributed by atoms with E-state index in [1.807, 2.05) is 30.3 Å². The van der Waals surface area contributed by atoms with Gasteiger partial charge in [-0.15, -0.1) is 0 Å². The van der Waals surface area contributed by atoms with Gasteiger partial charge in [0, 0.05) is 23.7 Å². The minimum absolute atomic E-state index is 0.158. The van der Waals surface area contributed by atoms with Gasteiger partial charge in [0.05, 0.1) is 12.1 Å². The lowest BCUT2D eigenvalue weighted by Gasteiger charge is -2.26. The molecule has 0 aliphatic carbocycles. The predicted molar refractivity (Wildman–Crippen MR) is 111 cm³/mol. The summed E-state index contributed by atoms with van der Waals surface area (Å²) in [7, 11) is 0. The fourth-order valence-corrected chi connectivity index (χ4v) is 3.40. The number of amides is 3. The van der Waals surface area contributed by atoms with Crippen LogP contribution in [0.15, 0.2) is 66.7 Å². The molecule has 0 radical (unpaired) electrons. The highest BCUT2D eigenvalue weighted by atomic mass is 35.5. The quantitative estimate of drug-likeness (QED) is 0.542. The summed E-state index contributed by atoms with van der Waals surface area (Å²) in [6, 6.07) is 14.6. The van der Waals surface area contributed by atoms with Gasteiger partial charge in [0.15, 0.2) is 0 Å². The molecule has 154 valence electrons. The third-order valence-electron chi connectivity index (χ3n) is 4.72. The third kappa shape index (κ3) is 4.93. The normalized spacial score (nSPS) is 16.3. The first-order chi connectivity index (χ1) is 14.4. The maximum absolute atomic E-state index is 13.0. The lowest BCUT2D eigenvalue weighted by molar-refractivity contribution is -0.135. The number of hydrogen-bond acceptors (Lipinski definition) is 4. The zero-order valence-electron chi connectivity index (χ0n) is 15.9. The van der Waals surface area contributed by atoms with Crippen molar-refractivity contribution in [2.75, 3.05) is 11.4 Å². The molecule has 1 fully saturated rings. The highest BCUT2D eigenvalue weighted by molar-refractivity contribution is 6.31. The summed E-state index contributed by atoms with van der Waals surface area (Å²) in [5.74, 6) is -2.89. The molecule has 7 nitrogen and oxygen atoms in total. The van der Waals surface area contributed by atoms with Crippen molar-refractivity contribution >= 4 is 41.0 Å². The van der Waals surface area contributed by atoms with Gasteiger partial charge in [0.1, 0.15) is 6.04 Å². The molecular weight excluding hydrogens is 408 g/mol. The topological polar surface area (TPSA) is 95.0 Å². The molecule has 8 heteroatoms. The number of imide groups is 1. The van der Waals surface area contributed by atoms with Crippen molar-refractivity contribution in [3.8, 4) is 0 Å². The summed E-state index contributed by atoms with van der Waals surface area (Å²) >= 11 is 5.87. The van der Waals surface area contributed by atoms with Crippen LogP contribution >= 0.6 is 11.6 Å². The molecule has 0 spiro atoms. The molecule has 0 saturated carbocycles. The molecule has 1 aliphatic rings. The van der Waals surface area contributed by atoms with Gasteiger partial charge in [-0.3, -0.25) is 14.4 Å². The minimum Gasteiger partial charge on any atom is -0.478 e. The number of carbonyl (C=O) groups is 4. The molecule has 30 heavy (non-hydrogen) atoms. The molecule has 0 unspecified atom stereocenters.